The Morgan fingerprint density at radius 2 is 1.71 bits per heavy atom. The molecule has 4 rings (SSSR count). The lowest BCUT2D eigenvalue weighted by atomic mass is 10.0. The molecular formula is C19H19N5+. The van der Waals surface area contributed by atoms with Gasteiger partial charge in [-0.2, -0.15) is 9.67 Å². The number of pyridine rings is 1. The first-order valence-electron chi connectivity index (χ1n) is 7.88. The fourth-order valence-electron chi connectivity index (χ4n) is 3.11. The van der Waals surface area contributed by atoms with Crippen LogP contribution in [0.2, 0.25) is 0 Å². The van der Waals surface area contributed by atoms with Crippen molar-refractivity contribution in [1.82, 2.24) is 9.91 Å². The molecule has 0 amide bonds. The molecule has 2 heterocycles. The quantitative estimate of drug-likeness (QED) is 0.754. The maximum atomic E-state index is 6.27. The number of nitrogens with zero attached hydrogens (tertiary/aromatic N) is 4. The second-order valence-corrected chi connectivity index (χ2v) is 5.78. The van der Waals surface area contributed by atoms with Crippen LogP contribution in [0.1, 0.15) is 11.7 Å². The van der Waals surface area contributed by atoms with Gasteiger partial charge in [0.1, 0.15) is 6.34 Å². The van der Waals surface area contributed by atoms with E-state index in [0.29, 0.717) is 6.29 Å². The molecule has 1 aromatic heterocycles. The summed E-state index contributed by atoms with van der Waals surface area (Å²) in [7, 11) is 1.85. The summed E-state index contributed by atoms with van der Waals surface area (Å²) in [5, 5.41) is 8.41. The fourth-order valence-corrected chi connectivity index (χ4v) is 3.11. The molecule has 2 aromatic carbocycles. The van der Waals surface area contributed by atoms with Crippen LogP contribution >= 0.6 is 0 Å². The third-order valence-corrected chi connectivity index (χ3v) is 4.33. The molecule has 1 aliphatic heterocycles. The number of fused-ring (bicyclic) bond motifs is 1. The number of hydrogen-bond donors (Lipinski definition) is 1. The van der Waals surface area contributed by atoms with Crippen LogP contribution in [-0.2, 0) is 0 Å². The van der Waals surface area contributed by atoms with Crippen molar-refractivity contribution < 1.29 is 4.57 Å². The van der Waals surface area contributed by atoms with Gasteiger partial charge in [-0.1, -0.05) is 42.5 Å². The summed E-state index contributed by atoms with van der Waals surface area (Å²) in [6, 6.07) is 20.8. The second-order valence-electron chi connectivity index (χ2n) is 5.78. The molecule has 24 heavy (non-hydrogen) atoms. The maximum absolute atomic E-state index is 6.27. The topological polar surface area (TPSA) is 48.7 Å². The van der Waals surface area contributed by atoms with Crippen molar-refractivity contribution >= 4 is 17.1 Å². The Kier molecular flexibility index (Phi) is 3.63. The largest absolute Gasteiger partial charge is 0.285 e. The van der Waals surface area contributed by atoms with E-state index < -0.39 is 0 Å². The van der Waals surface area contributed by atoms with E-state index in [0.717, 1.165) is 0 Å². The second kappa shape index (κ2) is 5.94. The highest BCUT2D eigenvalue weighted by Crippen LogP contribution is 2.29. The molecule has 0 aliphatic carbocycles. The van der Waals surface area contributed by atoms with Gasteiger partial charge in [0, 0.05) is 19.2 Å². The number of hydrogen-bond acceptors (Lipinski definition) is 4. The number of rotatable bonds is 3. The number of hydrazone groups is 1. The monoisotopic (exact) mass is 317 g/mol. The van der Waals surface area contributed by atoms with Gasteiger partial charge in [0.05, 0.1) is 5.56 Å². The first-order chi connectivity index (χ1) is 11.8. The van der Waals surface area contributed by atoms with Gasteiger partial charge in [-0.3, -0.25) is 15.6 Å². The molecule has 0 fully saturated rings. The van der Waals surface area contributed by atoms with Crippen LogP contribution in [-0.4, -0.2) is 23.3 Å². The molecule has 5 heteroatoms. The van der Waals surface area contributed by atoms with Gasteiger partial charge >= 0.3 is 0 Å². The highest BCUT2D eigenvalue weighted by Gasteiger charge is 2.37. The van der Waals surface area contributed by atoms with Crippen molar-refractivity contribution in [2.75, 3.05) is 7.05 Å². The Labute approximate surface area is 141 Å². The minimum absolute atomic E-state index is 0.106. The zero-order chi connectivity index (χ0) is 16.5. The molecule has 1 aliphatic rings. The third kappa shape index (κ3) is 2.39. The summed E-state index contributed by atoms with van der Waals surface area (Å²) < 4.78 is 2.14. The minimum atomic E-state index is -0.106. The summed E-state index contributed by atoms with van der Waals surface area (Å²) >= 11 is 0. The molecule has 1 unspecified atom stereocenters. The fraction of sp³-hybridized carbons (Fsp3) is 0.105. The number of nitrogens with two attached hydrogens (primary N) is 1. The Balaban J connectivity index is 1.91. The molecule has 1 atom stereocenters. The van der Waals surface area contributed by atoms with Crippen molar-refractivity contribution in [3.05, 3.63) is 84.9 Å². The van der Waals surface area contributed by atoms with Crippen molar-refractivity contribution in [1.29, 1.82) is 0 Å². The van der Waals surface area contributed by atoms with Crippen molar-refractivity contribution in [3.63, 3.8) is 0 Å². The Morgan fingerprint density at radius 3 is 2.46 bits per heavy atom. The first-order valence-corrected chi connectivity index (χ1v) is 7.88. The van der Waals surface area contributed by atoms with Crippen LogP contribution in [0.3, 0.4) is 0 Å². The van der Waals surface area contributed by atoms with Gasteiger partial charge < -0.3 is 0 Å². The van der Waals surface area contributed by atoms with Crippen molar-refractivity contribution in [2.24, 2.45) is 10.8 Å². The molecule has 0 saturated carbocycles. The molecule has 3 aromatic rings. The molecule has 0 saturated heterocycles. The summed E-state index contributed by atoms with van der Waals surface area (Å²) in [5.74, 6) is 0. The van der Waals surface area contributed by atoms with E-state index >= 15 is 0 Å². The van der Waals surface area contributed by atoms with Gasteiger partial charge in [0.2, 0.25) is 6.29 Å². The van der Waals surface area contributed by atoms with Gasteiger partial charge in [-0.15, -0.1) is 0 Å². The summed E-state index contributed by atoms with van der Waals surface area (Å²) in [6.45, 7) is 0. The van der Waals surface area contributed by atoms with Crippen LogP contribution in [0, 0.1) is 6.29 Å². The van der Waals surface area contributed by atoms with Gasteiger partial charge in [-0.05, 0) is 16.8 Å². The third-order valence-electron chi connectivity index (χ3n) is 4.33. The number of benzene rings is 2. The average Bonchev–Trinajstić information content (AvgIpc) is 2.96. The van der Waals surface area contributed by atoms with Crippen LogP contribution in [0.15, 0.2) is 78.2 Å². The van der Waals surface area contributed by atoms with Gasteiger partial charge in [-0.25, -0.2) is 0 Å². The van der Waals surface area contributed by atoms with E-state index in [-0.39, 0.29) is 6.17 Å². The van der Waals surface area contributed by atoms with Crippen molar-refractivity contribution in [3.8, 4) is 0 Å². The molecule has 0 spiro atoms. The zero-order valence-electron chi connectivity index (χ0n) is 13.4. The van der Waals surface area contributed by atoms with E-state index in [2.05, 4.69) is 52.1 Å². The molecule has 119 valence electrons. The lowest BCUT2D eigenvalue weighted by Gasteiger charge is -2.27. The van der Waals surface area contributed by atoms with Crippen LogP contribution < -0.4 is 10.3 Å². The highest BCUT2D eigenvalue weighted by atomic mass is 15.6. The van der Waals surface area contributed by atoms with Crippen LogP contribution in [0.25, 0.3) is 10.8 Å². The molecular weight excluding hydrogens is 298 g/mol. The average molecular weight is 317 g/mol. The van der Waals surface area contributed by atoms with Gasteiger partial charge in [0.15, 0.2) is 12.4 Å². The molecule has 0 bridgehead atoms. The van der Waals surface area contributed by atoms with E-state index in [1.54, 1.807) is 11.3 Å². The Hall–Kier alpha value is -2.92. The van der Waals surface area contributed by atoms with E-state index in [4.69, 9.17) is 5.73 Å². The Morgan fingerprint density at radius 1 is 0.958 bits per heavy atom. The van der Waals surface area contributed by atoms with E-state index in [1.807, 2.05) is 42.5 Å². The number of aromatic nitrogens is 1. The normalized spacial score (nSPS) is 16.1. The molecule has 5 nitrogen and oxygen atoms in total. The van der Waals surface area contributed by atoms with Crippen LogP contribution in [0.4, 0.5) is 0 Å². The zero-order valence-corrected chi connectivity index (χ0v) is 13.4. The standard InChI is InChI=1S/C19H19N5/c1-22-19(20)24(14-21-22)18(23-12-5-2-6-13-23)17-11-7-9-15-8-3-4-10-16(15)17/h2-14,18H,20H2,1H3/q+1. The molecule has 1 radical (unpaired) electrons. The first kappa shape index (κ1) is 14.7. The predicted molar refractivity (Wildman–Crippen MR) is 94.2 cm³/mol. The lowest BCUT2D eigenvalue weighted by molar-refractivity contribution is -0.729. The SMILES string of the molecule is CN1N=CN(C(c2cccc3ccccc23)[n+]2ccccc2)[C]1N. The predicted octanol–water partition coefficient (Wildman–Crippen LogP) is 2.27. The summed E-state index contributed by atoms with van der Waals surface area (Å²) in [5.41, 5.74) is 7.45. The Bertz CT molecular complexity index is 872. The molecule has 2 N–H and O–H groups in total. The smallest absolute Gasteiger partial charge is 0.264 e. The van der Waals surface area contributed by atoms with E-state index in [1.165, 1.54) is 16.3 Å². The minimum Gasteiger partial charge on any atom is -0.285 e. The lowest BCUT2D eigenvalue weighted by Crippen LogP contribution is -2.52. The summed E-state index contributed by atoms with van der Waals surface area (Å²) in [4.78, 5) is 1.99. The van der Waals surface area contributed by atoms with E-state index in [9.17, 15) is 0 Å². The van der Waals surface area contributed by atoms with Gasteiger partial charge in [0.25, 0.3) is 6.17 Å². The maximum Gasteiger partial charge on any atom is 0.264 e. The van der Waals surface area contributed by atoms with Crippen LogP contribution in [0.5, 0.6) is 0 Å². The van der Waals surface area contributed by atoms with Crippen molar-refractivity contribution in [2.45, 2.75) is 6.17 Å². The summed E-state index contributed by atoms with van der Waals surface area (Å²) in [6.07, 6.45) is 6.37. The highest BCUT2D eigenvalue weighted by molar-refractivity contribution is 5.86.